The van der Waals surface area contributed by atoms with Gasteiger partial charge in [-0.3, -0.25) is 0 Å². The summed E-state index contributed by atoms with van der Waals surface area (Å²) >= 11 is -1.30. The van der Waals surface area contributed by atoms with Crippen LogP contribution in [0.4, 0.5) is 0 Å². The van der Waals surface area contributed by atoms with E-state index in [-0.39, 0.29) is 17.0 Å². The van der Waals surface area contributed by atoms with Crippen LogP contribution in [-0.4, -0.2) is 25.3 Å². The van der Waals surface area contributed by atoms with E-state index < -0.39 is 13.6 Å². The zero-order valence-electron chi connectivity index (χ0n) is 7.81. The molecule has 0 amide bonds. The van der Waals surface area contributed by atoms with E-state index in [4.69, 9.17) is 5.11 Å². The zero-order valence-corrected chi connectivity index (χ0v) is 11.3. The minimum atomic E-state index is -1.30. The summed E-state index contributed by atoms with van der Waals surface area (Å²) < 4.78 is 0. The smallest absolute Gasteiger partial charge is 1.00 e. The van der Waals surface area contributed by atoms with Gasteiger partial charge >= 0.3 is 66.9 Å². The Labute approximate surface area is 83.8 Å². The maximum Gasteiger partial charge on any atom is -1.00 e. The maximum atomic E-state index is 8.84. The van der Waals surface area contributed by atoms with Gasteiger partial charge in [-0.2, -0.15) is 0 Å². The van der Waals surface area contributed by atoms with Gasteiger partial charge in [0, 0.05) is 0 Å². The molecule has 3 heteroatoms. The third kappa shape index (κ3) is 4.54. The SMILES string of the molecule is CC[As+](CC)(CC)CCO.[Br-]. The van der Waals surface area contributed by atoms with Crippen molar-refractivity contribution in [3.05, 3.63) is 0 Å². The van der Waals surface area contributed by atoms with Crippen LogP contribution in [0, 0.1) is 0 Å². The van der Waals surface area contributed by atoms with Gasteiger partial charge < -0.3 is 17.0 Å². The van der Waals surface area contributed by atoms with Gasteiger partial charge in [0.05, 0.1) is 0 Å². The molecule has 1 nitrogen and oxygen atoms in total. The van der Waals surface area contributed by atoms with Crippen LogP contribution >= 0.6 is 0 Å². The molecule has 0 rings (SSSR count). The second-order valence-electron chi connectivity index (χ2n) is 2.74. The van der Waals surface area contributed by atoms with Crippen LogP contribution < -0.4 is 17.0 Å². The molecule has 0 aromatic rings. The first-order valence-electron chi connectivity index (χ1n) is 4.20. The van der Waals surface area contributed by atoms with E-state index in [0.717, 1.165) is 5.21 Å². The number of rotatable bonds is 5. The molecule has 0 aromatic carbocycles. The zero-order chi connectivity index (χ0) is 8.04. The van der Waals surface area contributed by atoms with E-state index in [1.165, 1.54) is 15.6 Å². The summed E-state index contributed by atoms with van der Waals surface area (Å²) in [7, 11) is 0. The molecule has 0 radical (unpaired) electrons. The van der Waals surface area contributed by atoms with Gasteiger partial charge in [-0.05, 0) is 0 Å². The van der Waals surface area contributed by atoms with E-state index in [1.54, 1.807) is 0 Å². The van der Waals surface area contributed by atoms with Crippen LogP contribution in [0.25, 0.3) is 0 Å². The molecule has 0 saturated heterocycles. The average Bonchev–Trinajstić information content (AvgIpc) is 2.01. The molecule has 0 fully saturated rings. The monoisotopic (exact) mass is 286 g/mol. The van der Waals surface area contributed by atoms with E-state index in [1.807, 2.05) is 0 Å². The molecule has 0 aromatic heterocycles. The second-order valence-corrected chi connectivity index (χ2v) is 13.3. The topological polar surface area (TPSA) is 20.2 Å². The maximum absolute atomic E-state index is 8.84. The first-order valence-corrected chi connectivity index (χ1v) is 9.51. The molecular weight excluding hydrogens is 267 g/mol. The molecule has 0 saturated carbocycles. The van der Waals surface area contributed by atoms with E-state index in [9.17, 15) is 0 Å². The van der Waals surface area contributed by atoms with Crippen LogP contribution in [0.15, 0.2) is 0 Å². The Morgan fingerprint density at radius 2 is 1.36 bits per heavy atom. The number of aliphatic hydroxyl groups is 1. The fraction of sp³-hybridized carbons (Fsp3) is 1.00. The number of hydrogen-bond acceptors (Lipinski definition) is 1. The molecule has 0 bridgehead atoms. The van der Waals surface area contributed by atoms with E-state index >= 15 is 0 Å². The normalized spacial score (nSPS) is 10.9. The molecule has 0 atom stereocenters. The Morgan fingerprint density at radius 1 is 1.00 bits per heavy atom. The summed E-state index contributed by atoms with van der Waals surface area (Å²) in [6.45, 7) is 7.28. The van der Waals surface area contributed by atoms with E-state index in [0.29, 0.717) is 6.61 Å². The van der Waals surface area contributed by atoms with Crippen molar-refractivity contribution in [2.24, 2.45) is 0 Å². The Hall–Kier alpha value is 0.998. The van der Waals surface area contributed by atoms with Crippen molar-refractivity contribution in [2.75, 3.05) is 6.61 Å². The summed E-state index contributed by atoms with van der Waals surface area (Å²) in [6, 6.07) is 0. The largest absolute Gasteiger partial charge is 1.00 e. The number of hydrogen-bond donors (Lipinski definition) is 1. The molecule has 0 aliphatic rings. The minimum Gasteiger partial charge on any atom is -1.00 e. The Kier molecular flexibility index (Phi) is 10.1. The van der Waals surface area contributed by atoms with Gasteiger partial charge in [-0.25, -0.2) is 0 Å². The first kappa shape index (κ1) is 14.5. The van der Waals surface area contributed by atoms with Crippen LogP contribution in [-0.2, 0) is 0 Å². The molecule has 70 valence electrons. The van der Waals surface area contributed by atoms with Crippen LogP contribution in [0.3, 0.4) is 0 Å². The second kappa shape index (κ2) is 7.64. The molecule has 11 heavy (non-hydrogen) atoms. The summed E-state index contributed by atoms with van der Waals surface area (Å²) in [4.78, 5) is 0. The molecular formula is C8H20AsBrO. The van der Waals surface area contributed by atoms with Crippen LogP contribution in [0.2, 0.25) is 20.8 Å². The molecule has 0 unspecified atom stereocenters. The van der Waals surface area contributed by atoms with Crippen LogP contribution in [0.5, 0.6) is 0 Å². The Morgan fingerprint density at radius 3 is 1.45 bits per heavy atom. The van der Waals surface area contributed by atoms with Crippen molar-refractivity contribution in [1.82, 2.24) is 0 Å². The van der Waals surface area contributed by atoms with Crippen molar-refractivity contribution in [3.8, 4) is 0 Å². The summed E-state index contributed by atoms with van der Waals surface area (Å²) in [5.41, 5.74) is 0. The third-order valence-electron chi connectivity index (χ3n) is 2.59. The average molecular weight is 287 g/mol. The predicted molar refractivity (Wildman–Crippen MR) is 49.1 cm³/mol. The van der Waals surface area contributed by atoms with Crippen molar-refractivity contribution in [2.45, 2.75) is 41.6 Å². The molecule has 0 aliphatic carbocycles. The molecule has 1 N–H and O–H groups in total. The Balaban J connectivity index is 0. The number of aliphatic hydroxyl groups excluding tert-OH is 1. The van der Waals surface area contributed by atoms with Crippen molar-refractivity contribution in [1.29, 1.82) is 0 Å². The van der Waals surface area contributed by atoms with E-state index in [2.05, 4.69) is 20.8 Å². The van der Waals surface area contributed by atoms with Crippen molar-refractivity contribution >= 4 is 13.6 Å². The van der Waals surface area contributed by atoms with Gasteiger partial charge in [-0.15, -0.1) is 0 Å². The van der Waals surface area contributed by atoms with Crippen LogP contribution in [0.1, 0.15) is 20.8 Å². The third-order valence-corrected chi connectivity index (χ3v) is 13.4. The predicted octanol–water partition coefficient (Wildman–Crippen LogP) is -0.509. The van der Waals surface area contributed by atoms with Gasteiger partial charge in [0.25, 0.3) is 0 Å². The summed E-state index contributed by atoms with van der Waals surface area (Å²) in [5.74, 6) is 0. The quantitative estimate of drug-likeness (QED) is 0.675. The van der Waals surface area contributed by atoms with Crippen molar-refractivity contribution < 1.29 is 22.1 Å². The first-order chi connectivity index (χ1) is 4.74. The standard InChI is InChI=1S/C8H20AsO.BrH/c1-4-9(5-2,6-3)7-8-10;/h10H,4-8H2,1-3H3;1H/q+1;/p-1. The van der Waals surface area contributed by atoms with Gasteiger partial charge in [0.15, 0.2) is 0 Å². The fourth-order valence-electron chi connectivity index (χ4n) is 1.36. The number of halogens is 1. The minimum absolute atomic E-state index is 0. The molecule has 0 spiro atoms. The summed E-state index contributed by atoms with van der Waals surface area (Å²) in [6.07, 6.45) is 0. The van der Waals surface area contributed by atoms with Gasteiger partial charge in [0.1, 0.15) is 0 Å². The van der Waals surface area contributed by atoms with Gasteiger partial charge in [-0.1, -0.05) is 0 Å². The molecule has 0 aliphatic heterocycles. The Bertz CT molecular complexity index is 75.9. The van der Waals surface area contributed by atoms with Crippen molar-refractivity contribution in [3.63, 3.8) is 0 Å². The fourth-order valence-corrected chi connectivity index (χ4v) is 7.05. The van der Waals surface area contributed by atoms with Gasteiger partial charge in [0.2, 0.25) is 0 Å². The summed E-state index contributed by atoms with van der Waals surface area (Å²) in [5, 5.41) is 14.1. The molecule has 0 heterocycles.